The van der Waals surface area contributed by atoms with Gasteiger partial charge in [0.1, 0.15) is 0 Å². The summed E-state index contributed by atoms with van der Waals surface area (Å²) in [4.78, 5) is 4.11. The minimum atomic E-state index is -0.388. The maximum Gasteiger partial charge on any atom is 0.0936 e. The Hall–Kier alpha value is -0.190. The van der Waals surface area contributed by atoms with Crippen LogP contribution in [0, 0.1) is 6.92 Å². The molecule has 1 saturated heterocycles. The second-order valence-corrected chi connectivity index (χ2v) is 6.86. The van der Waals surface area contributed by atoms with E-state index < -0.39 is 0 Å². The van der Waals surface area contributed by atoms with Crippen LogP contribution in [0.2, 0.25) is 0 Å². The zero-order chi connectivity index (χ0) is 11.5. The fourth-order valence-corrected chi connectivity index (χ4v) is 4.78. The summed E-state index contributed by atoms with van der Waals surface area (Å²) in [5.74, 6) is 2.33. The van der Waals surface area contributed by atoms with Gasteiger partial charge in [0.25, 0.3) is 0 Å². The van der Waals surface area contributed by atoms with Crippen LogP contribution in [0.3, 0.4) is 0 Å². The Morgan fingerprint density at radius 3 is 2.88 bits per heavy atom. The number of aliphatic hydroxyl groups excluding tert-OH is 1. The van der Waals surface area contributed by atoms with Crippen LogP contribution < -0.4 is 0 Å². The number of aliphatic hydroxyl groups is 1. The van der Waals surface area contributed by atoms with Crippen LogP contribution >= 0.6 is 23.5 Å². The molecule has 0 radical (unpaired) electrons. The molecular weight excluding hydrogens is 238 g/mol. The van der Waals surface area contributed by atoms with Crippen molar-refractivity contribution in [3.05, 3.63) is 29.6 Å². The molecule has 4 heteroatoms. The predicted molar refractivity (Wildman–Crippen MR) is 72.1 cm³/mol. The van der Waals surface area contributed by atoms with Gasteiger partial charge in [0, 0.05) is 40.0 Å². The molecule has 0 saturated carbocycles. The van der Waals surface area contributed by atoms with E-state index in [1.54, 1.807) is 12.4 Å². The quantitative estimate of drug-likeness (QED) is 0.881. The van der Waals surface area contributed by atoms with Gasteiger partial charge in [-0.3, -0.25) is 4.98 Å². The van der Waals surface area contributed by atoms with E-state index in [1.165, 1.54) is 5.75 Å². The van der Waals surface area contributed by atoms with Gasteiger partial charge in [0.2, 0.25) is 0 Å². The summed E-state index contributed by atoms with van der Waals surface area (Å²) < 4.78 is 0. The van der Waals surface area contributed by atoms with Crippen molar-refractivity contribution in [3.8, 4) is 0 Å². The summed E-state index contributed by atoms with van der Waals surface area (Å²) in [6, 6.07) is 1.96. The van der Waals surface area contributed by atoms with Crippen LogP contribution in [-0.2, 0) is 0 Å². The molecule has 2 rings (SSSR count). The molecule has 16 heavy (non-hydrogen) atoms. The van der Waals surface area contributed by atoms with Crippen molar-refractivity contribution >= 4 is 23.5 Å². The first-order chi connectivity index (χ1) is 7.70. The Kier molecular flexibility index (Phi) is 4.16. The maximum atomic E-state index is 10.4. The van der Waals surface area contributed by atoms with E-state index in [4.69, 9.17) is 0 Å². The molecule has 1 fully saturated rings. The normalized spacial score (nSPS) is 27.7. The van der Waals surface area contributed by atoms with Gasteiger partial charge in [-0.2, -0.15) is 23.5 Å². The maximum absolute atomic E-state index is 10.4. The van der Waals surface area contributed by atoms with Crippen LogP contribution in [0.15, 0.2) is 18.5 Å². The van der Waals surface area contributed by atoms with Crippen LogP contribution in [0.5, 0.6) is 0 Å². The van der Waals surface area contributed by atoms with Crippen molar-refractivity contribution in [1.82, 2.24) is 4.98 Å². The highest BCUT2D eigenvalue weighted by atomic mass is 32.2. The Bertz CT molecular complexity index is 359. The molecule has 1 aliphatic rings. The van der Waals surface area contributed by atoms with Gasteiger partial charge < -0.3 is 5.11 Å². The Morgan fingerprint density at radius 1 is 1.44 bits per heavy atom. The summed E-state index contributed by atoms with van der Waals surface area (Å²) in [6.45, 7) is 4.24. The molecule has 2 nitrogen and oxygen atoms in total. The molecule has 1 aliphatic heterocycles. The van der Waals surface area contributed by atoms with E-state index in [0.717, 1.165) is 16.9 Å². The lowest BCUT2D eigenvalue weighted by Crippen LogP contribution is -2.29. The Labute approximate surface area is 105 Å². The summed E-state index contributed by atoms with van der Waals surface area (Å²) in [5, 5.41) is 11.2. The Balaban J connectivity index is 2.17. The lowest BCUT2D eigenvalue weighted by Gasteiger charge is -2.32. The van der Waals surface area contributed by atoms with Crippen molar-refractivity contribution in [3.63, 3.8) is 0 Å². The molecule has 2 heterocycles. The summed E-state index contributed by atoms with van der Waals surface area (Å²) >= 11 is 3.84. The van der Waals surface area contributed by atoms with Gasteiger partial charge in [-0.15, -0.1) is 0 Å². The smallest absolute Gasteiger partial charge is 0.0936 e. The van der Waals surface area contributed by atoms with Crippen LogP contribution in [-0.4, -0.2) is 32.1 Å². The zero-order valence-corrected chi connectivity index (χ0v) is 11.2. The van der Waals surface area contributed by atoms with E-state index in [2.05, 4.69) is 11.9 Å². The van der Waals surface area contributed by atoms with Gasteiger partial charge in [0.05, 0.1) is 6.10 Å². The van der Waals surface area contributed by atoms with Crippen molar-refractivity contribution in [2.24, 2.45) is 0 Å². The average Bonchev–Trinajstić information content (AvgIpc) is 2.29. The van der Waals surface area contributed by atoms with Crippen molar-refractivity contribution in [2.45, 2.75) is 30.5 Å². The third-order valence-corrected chi connectivity index (χ3v) is 6.13. The highest BCUT2D eigenvalue weighted by Gasteiger charge is 2.30. The van der Waals surface area contributed by atoms with Gasteiger partial charge in [-0.1, -0.05) is 6.92 Å². The van der Waals surface area contributed by atoms with Crippen LogP contribution in [0.1, 0.15) is 24.2 Å². The van der Waals surface area contributed by atoms with Gasteiger partial charge in [-0.25, -0.2) is 0 Å². The molecule has 1 aromatic rings. The average molecular weight is 255 g/mol. The number of hydrogen-bond donors (Lipinski definition) is 1. The number of hydrogen-bond acceptors (Lipinski definition) is 4. The molecule has 3 atom stereocenters. The standard InChI is InChI=1S/C12H17NOS2/c1-8-3-4-13-7-10(8)11(14)12-9(2)15-5-6-16-12/h3-4,7,9,11-12,14H,5-6H2,1-2H3. The topological polar surface area (TPSA) is 33.1 Å². The second kappa shape index (κ2) is 5.43. The highest BCUT2D eigenvalue weighted by Crippen LogP contribution is 2.38. The first-order valence-corrected chi connectivity index (χ1v) is 7.61. The first-order valence-electron chi connectivity index (χ1n) is 5.52. The van der Waals surface area contributed by atoms with E-state index in [1.807, 2.05) is 36.5 Å². The molecule has 0 aliphatic carbocycles. The monoisotopic (exact) mass is 255 g/mol. The number of thioether (sulfide) groups is 2. The van der Waals surface area contributed by atoms with Crippen LogP contribution in [0.4, 0.5) is 0 Å². The molecule has 1 aromatic heterocycles. The van der Waals surface area contributed by atoms with E-state index in [-0.39, 0.29) is 6.10 Å². The molecule has 0 aromatic carbocycles. The molecular formula is C12H17NOS2. The van der Waals surface area contributed by atoms with Crippen molar-refractivity contribution < 1.29 is 5.11 Å². The molecule has 0 amide bonds. The fraction of sp³-hybridized carbons (Fsp3) is 0.583. The number of aromatic nitrogens is 1. The summed E-state index contributed by atoms with van der Waals surface area (Å²) in [5.41, 5.74) is 2.11. The number of nitrogens with zero attached hydrogens (tertiary/aromatic N) is 1. The largest absolute Gasteiger partial charge is 0.387 e. The van der Waals surface area contributed by atoms with Crippen LogP contribution in [0.25, 0.3) is 0 Å². The molecule has 88 valence electrons. The number of rotatable bonds is 2. The lowest BCUT2D eigenvalue weighted by atomic mass is 10.0. The minimum Gasteiger partial charge on any atom is -0.387 e. The summed E-state index contributed by atoms with van der Waals surface area (Å²) in [6.07, 6.45) is 3.19. The Morgan fingerprint density at radius 2 is 2.19 bits per heavy atom. The van der Waals surface area contributed by atoms with E-state index in [0.29, 0.717) is 10.5 Å². The highest BCUT2D eigenvalue weighted by molar-refractivity contribution is 8.07. The first kappa shape index (κ1) is 12.3. The third kappa shape index (κ3) is 2.55. The van der Waals surface area contributed by atoms with Gasteiger partial charge in [-0.05, 0) is 18.6 Å². The molecule has 1 N–H and O–H groups in total. The van der Waals surface area contributed by atoms with Gasteiger partial charge in [0.15, 0.2) is 0 Å². The number of aryl methyl sites for hydroxylation is 1. The minimum absolute atomic E-state index is 0.293. The summed E-state index contributed by atoms with van der Waals surface area (Å²) in [7, 11) is 0. The van der Waals surface area contributed by atoms with Crippen molar-refractivity contribution in [1.29, 1.82) is 0 Å². The van der Waals surface area contributed by atoms with E-state index >= 15 is 0 Å². The number of pyridine rings is 1. The molecule has 0 spiro atoms. The SMILES string of the molecule is Cc1ccncc1C(O)C1SCCSC1C. The zero-order valence-electron chi connectivity index (χ0n) is 9.59. The molecule has 0 bridgehead atoms. The third-order valence-electron chi connectivity index (χ3n) is 2.95. The lowest BCUT2D eigenvalue weighted by molar-refractivity contribution is 0.173. The fourth-order valence-electron chi connectivity index (χ4n) is 1.96. The van der Waals surface area contributed by atoms with Crippen molar-refractivity contribution in [2.75, 3.05) is 11.5 Å². The van der Waals surface area contributed by atoms with Gasteiger partial charge >= 0.3 is 0 Å². The van der Waals surface area contributed by atoms with E-state index in [9.17, 15) is 5.11 Å². The molecule has 3 unspecified atom stereocenters. The second-order valence-electron chi connectivity index (χ2n) is 4.09. The predicted octanol–water partition coefficient (Wildman–Crippen LogP) is 2.66.